The fourth-order valence-corrected chi connectivity index (χ4v) is 3.07. The number of aromatic carboxylic acids is 1. The number of hydrogen-bond donors (Lipinski definition) is 3. The van der Waals surface area contributed by atoms with Crippen LogP contribution in [-0.4, -0.2) is 50.9 Å². The van der Waals surface area contributed by atoms with Crippen molar-refractivity contribution in [3.63, 3.8) is 0 Å². The Morgan fingerprint density at radius 1 is 1.37 bits per heavy atom. The highest BCUT2D eigenvalue weighted by molar-refractivity contribution is 7.91. The Labute approximate surface area is 110 Å². The predicted octanol–water partition coefficient (Wildman–Crippen LogP) is -0.574. The van der Waals surface area contributed by atoms with E-state index >= 15 is 0 Å². The summed E-state index contributed by atoms with van der Waals surface area (Å²) >= 11 is 0. The van der Waals surface area contributed by atoms with Gasteiger partial charge in [-0.25, -0.2) is 26.4 Å². The van der Waals surface area contributed by atoms with Crippen molar-refractivity contribution in [1.82, 2.24) is 9.71 Å². The molecule has 0 radical (unpaired) electrons. The third-order valence-corrected chi connectivity index (χ3v) is 5.49. The number of rotatable bonds is 7. The van der Waals surface area contributed by atoms with Gasteiger partial charge in [0.05, 0.1) is 5.75 Å². The van der Waals surface area contributed by atoms with Crippen molar-refractivity contribution in [3.05, 3.63) is 18.0 Å². The van der Waals surface area contributed by atoms with Crippen LogP contribution in [0.2, 0.25) is 0 Å². The molecule has 108 valence electrons. The maximum atomic E-state index is 11.7. The van der Waals surface area contributed by atoms with E-state index < -0.39 is 25.8 Å². The van der Waals surface area contributed by atoms with Crippen LogP contribution in [0.3, 0.4) is 0 Å². The first-order valence-electron chi connectivity index (χ1n) is 5.30. The molecular formula is C9H14N2O6S2. The summed E-state index contributed by atoms with van der Waals surface area (Å²) in [6, 6.07) is 0.957. The Bertz CT molecular complexity index is 659. The molecule has 0 saturated carbocycles. The summed E-state index contributed by atoms with van der Waals surface area (Å²) in [5.74, 6) is -1.66. The van der Waals surface area contributed by atoms with E-state index in [9.17, 15) is 21.6 Å². The molecule has 1 heterocycles. The Balaban J connectivity index is 2.73. The molecule has 3 N–H and O–H groups in total. The first kappa shape index (κ1) is 15.7. The van der Waals surface area contributed by atoms with Gasteiger partial charge in [0, 0.05) is 18.5 Å². The Kier molecular flexibility index (Phi) is 4.71. The zero-order valence-corrected chi connectivity index (χ0v) is 11.7. The second-order valence-corrected chi connectivity index (χ2v) is 7.93. The van der Waals surface area contributed by atoms with Gasteiger partial charge in [-0.2, -0.15) is 0 Å². The molecule has 0 aliphatic carbocycles. The van der Waals surface area contributed by atoms with Crippen molar-refractivity contribution in [2.75, 3.05) is 18.1 Å². The molecule has 0 atom stereocenters. The number of sulfone groups is 1. The average Bonchev–Trinajstić information content (AvgIpc) is 2.78. The number of aromatic nitrogens is 1. The van der Waals surface area contributed by atoms with Crippen LogP contribution in [0.15, 0.2) is 17.2 Å². The number of sulfonamides is 1. The maximum Gasteiger partial charge on any atom is 0.352 e. The van der Waals surface area contributed by atoms with Gasteiger partial charge >= 0.3 is 5.97 Å². The summed E-state index contributed by atoms with van der Waals surface area (Å²) in [5, 5.41) is 8.65. The first-order valence-corrected chi connectivity index (χ1v) is 8.60. The van der Waals surface area contributed by atoms with E-state index in [4.69, 9.17) is 5.11 Å². The molecule has 0 saturated heterocycles. The Morgan fingerprint density at radius 3 is 2.47 bits per heavy atom. The first-order chi connectivity index (χ1) is 8.68. The van der Waals surface area contributed by atoms with Crippen molar-refractivity contribution in [3.8, 4) is 0 Å². The maximum absolute atomic E-state index is 11.7. The molecule has 0 bridgehead atoms. The molecule has 19 heavy (non-hydrogen) atoms. The van der Waals surface area contributed by atoms with E-state index in [1.54, 1.807) is 0 Å². The molecule has 0 amide bonds. The summed E-state index contributed by atoms with van der Waals surface area (Å²) in [5.41, 5.74) is -0.262. The van der Waals surface area contributed by atoms with Crippen LogP contribution in [0, 0.1) is 0 Å². The van der Waals surface area contributed by atoms with Crippen molar-refractivity contribution in [2.24, 2.45) is 0 Å². The predicted molar refractivity (Wildman–Crippen MR) is 67.3 cm³/mol. The number of carboxylic acids is 1. The summed E-state index contributed by atoms with van der Waals surface area (Å²) in [7, 11) is -7.17. The van der Waals surface area contributed by atoms with E-state index in [-0.39, 0.29) is 28.6 Å². The zero-order chi connectivity index (χ0) is 14.7. The molecule has 1 aromatic rings. The number of nitrogens with one attached hydrogen (secondary N) is 2. The van der Waals surface area contributed by atoms with Gasteiger partial charge in [-0.3, -0.25) is 0 Å². The van der Waals surface area contributed by atoms with Gasteiger partial charge in [-0.05, 0) is 6.07 Å². The van der Waals surface area contributed by atoms with Crippen LogP contribution < -0.4 is 4.72 Å². The summed E-state index contributed by atoms with van der Waals surface area (Å²) in [4.78, 5) is 12.6. The fraction of sp³-hybridized carbons (Fsp3) is 0.444. The number of hydrogen-bond acceptors (Lipinski definition) is 5. The molecule has 1 aromatic heterocycles. The molecule has 8 nitrogen and oxygen atoms in total. The smallest absolute Gasteiger partial charge is 0.352 e. The van der Waals surface area contributed by atoms with Gasteiger partial charge < -0.3 is 10.1 Å². The molecule has 0 spiro atoms. The van der Waals surface area contributed by atoms with E-state index in [1.165, 1.54) is 6.92 Å². The minimum atomic E-state index is -3.91. The Hall–Kier alpha value is -1.39. The SMILES string of the molecule is CCS(=O)(=O)CCNS(=O)(=O)c1c[nH]c(C(=O)O)c1. The summed E-state index contributed by atoms with van der Waals surface area (Å²) in [6.07, 6.45) is 1.03. The van der Waals surface area contributed by atoms with Gasteiger partial charge in [0.25, 0.3) is 0 Å². The third kappa shape index (κ3) is 4.33. The van der Waals surface area contributed by atoms with Crippen molar-refractivity contribution in [1.29, 1.82) is 0 Å². The van der Waals surface area contributed by atoms with Crippen LogP contribution in [0.25, 0.3) is 0 Å². The van der Waals surface area contributed by atoms with Crippen LogP contribution in [0.1, 0.15) is 17.4 Å². The number of aromatic amines is 1. The number of H-pyrrole nitrogens is 1. The summed E-state index contributed by atoms with van der Waals surface area (Å²) < 4.78 is 47.9. The highest BCUT2D eigenvalue weighted by Gasteiger charge is 2.18. The highest BCUT2D eigenvalue weighted by Crippen LogP contribution is 2.10. The average molecular weight is 310 g/mol. The third-order valence-electron chi connectivity index (χ3n) is 2.34. The van der Waals surface area contributed by atoms with Gasteiger partial charge in [-0.15, -0.1) is 0 Å². The highest BCUT2D eigenvalue weighted by atomic mass is 32.2. The van der Waals surface area contributed by atoms with Crippen LogP contribution in [0.5, 0.6) is 0 Å². The molecular weight excluding hydrogens is 296 g/mol. The Morgan fingerprint density at radius 2 is 2.00 bits per heavy atom. The second-order valence-electron chi connectivity index (χ2n) is 3.69. The zero-order valence-electron chi connectivity index (χ0n) is 10.1. The molecule has 0 unspecified atom stereocenters. The van der Waals surface area contributed by atoms with Gasteiger partial charge in [0.2, 0.25) is 10.0 Å². The second kappa shape index (κ2) is 5.72. The lowest BCUT2D eigenvalue weighted by Crippen LogP contribution is -2.29. The van der Waals surface area contributed by atoms with Gasteiger partial charge in [0.1, 0.15) is 10.6 Å². The van der Waals surface area contributed by atoms with Crippen molar-refractivity contribution in [2.45, 2.75) is 11.8 Å². The van der Waals surface area contributed by atoms with Crippen LogP contribution in [-0.2, 0) is 19.9 Å². The van der Waals surface area contributed by atoms with Crippen LogP contribution >= 0.6 is 0 Å². The van der Waals surface area contributed by atoms with E-state index in [0.29, 0.717) is 0 Å². The fourth-order valence-electron chi connectivity index (χ4n) is 1.21. The molecule has 10 heteroatoms. The van der Waals surface area contributed by atoms with Crippen molar-refractivity contribution < 1.29 is 26.7 Å². The van der Waals surface area contributed by atoms with E-state index in [2.05, 4.69) is 9.71 Å². The van der Waals surface area contributed by atoms with E-state index in [1.807, 2.05) is 0 Å². The number of carbonyl (C=O) groups is 1. The lowest BCUT2D eigenvalue weighted by atomic mass is 10.4. The monoisotopic (exact) mass is 310 g/mol. The molecule has 1 rings (SSSR count). The molecule has 0 aliphatic rings. The summed E-state index contributed by atoms with van der Waals surface area (Å²) in [6.45, 7) is 1.21. The molecule has 0 aliphatic heterocycles. The van der Waals surface area contributed by atoms with Gasteiger partial charge in [0.15, 0.2) is 9.84 Å². The van der Waals surface area contributed by atoms with Gasteiger partial charge in [-0.1, -0.05) is 6.92 Å². The molecule has 0 fully saturated rings. The minimum Gasteiger partial charge on any atom is -0.477 e. The largest absolute Gasteiger partial charge is 0.477 e. The van der Waals surface area contributed by atoms with Crippen LogP contribution in [0.4, 0.5) is 0 Å². The lowest BCUT2D eigenvalue weighted by molar-refractivity contribution is 0.0691. The quantitative estimate of drug-likeness (QED) is 0.617. The standard InChI is InChI=1S/C9H14N2O6S2/c1-2-18(14,15)4-3-11-19(16,17)7-5-8(9(12)13)10-6-7/h5-6,10-11H,2-4H2,1H3,(H,12,13). The van der Waals surface area contributed by atoms with Crippen molar-refractivity contribution >= 4 is 25.8 Å². The lowest BCUT2D eigenvalue weighted by Gasteiger charge is -2.04. The normalized spacial score (nSPS) is 12.5. The van der Waals surface area contributed by atoms with E-state index in [0.717, 1.165) is 12.3 Å². The minimum absolute atomic E-state index is 0.0674. The number of carboxylic acid groups (broad SMARTS) is 1. The molecule has 0 aromatic carbocycles. The topological polar surface area (TPSA) is 133 Å².